The first-order valence-electron chi connectivity index (χ1n) is 7.19. The van der Waals surface area contributed by atoms with E-state index in [1.165, 1.54) is 12.3 Å². The summed E-state index contributed by atoms with van der Waals surface area (Å²) >= 11 is 0. The van der Waals surface area contributed by atoms with Gasteiger partial charge in [0.05, 0.1) is 11.3 Å². The Hall–Kier alpha value is -2.25. The summed E-state index contributed by atoms with van der Waals surface area (Å²) in [6, 6.07) is 12.2. The lowest BCUT2D eigenvalue weighted by Crippen LogP contribution is -2.32. The molecule has 1 aliphatic heterocycles. The van der Waals surface area contributed by atoms with Gasteiger partial charge in [-0.3, -0.25) is 10.1 Å². The Balaban J connectivity index is 2.02. The van der Waals surface area contributed by atoms with E-state index in [-0.39, 0.29) is 11.4 Å². The Bertz CT molecular complexity index is 793. The largest absolute Gasteiger partial charge is 0.480 e. The minimum atomic E-state index is -3.74. The SMILES string of the molecule is O=C(O)[C@H]1C[C@H](S(=O)(=O)c2ccccn2)[C@@H](c2ccccc2)N1. The lowest BCUT2D eigenvalue weighted by molar-refractivity contribution is -0.139. The van der Waals surface area contributed by atoms with Crippen LogP contribution < -0.4 is 5.32 Å². The molecule has 0 saturated carbocycles. The van der Waals surface area contributed by atoms with Gasteiger partial charge in [0, 0.05) is 6.20 Å². The number of aliphatic carboxylic acids is 1. The van der Waals surface area contributed by atoms with Crippen LogP contribution in [0.15, 0.2) is 59.8 Å². The maximum atomic E-state index is 12.9. The molecule has 6 nitrogen and oxygen atoms in total. The van der Waals surface area contributed by atoms with Crippen molar-refractivity contribution in [1.29, 1.82) is 0 Å². The van der Waals surface area contributed by atoms with Gasteiger partial charge < -0.3 is 5.11 Å². The molecule has 1 saturated heterocycles. The molecule has 3 rings (SSSR count). The number of hydrogen-bond acceptors (Lipinski definition) is 5. The van der Waals surface area contributed by atoms with Gasteiger partial charge in [-0.2, -0.15) is 0 Å². The molecule has 0 aliphatic carbocycles. The first-order valence-corrected chi connectivity index (χ1v) is 8.73. The van der Waals surface area contributed by atoms with Crippen LogP contribution in [0.2, 0.25) is 0 Å². The van der Waals surface area contributed by atoms with Crippen LogP contribution in [0.3, 0.4) is 0 Å². The molecular weight excluding hydrogens is 316 g/mol. The van der Waals surface area contributed by atoms with Crippen molar-refractivity contribution in [2.75, 3.05) is 0 Å². The number of carboxylic acid groups (broad SMARTS) is 1. The predicted octanol–water partition coefficient (Wildman–Crippen LogP) is 1.41. The molecule has 1 aliphatic rings. The van der Waals surface area contributed by atoms with Crippen LogP contribution in [0.1, 0.15) is 18.0 Å². The molecule has 1 fully saturated rings. The van der Waals surface area contributed by atoms with E-state index in [4.69, 9.17) is 0 Å². The molecule has 2 aromatic rings. The van der Waals surface area contributed by atoms with Crippen LogP contribution in [-0.2, 0) is 14.6 Å². The summed E-state index contributed by atoms with van der Waals surface area (Å²) in [5.74, 6) is -1.05. The Morgan fingerprint density at radius 3 is 2.43 bits per heavy atom. The van der Waals surface area contributed by atoms with Crippen molar-refractivity contribution in [2.24, 2.45) is 0 Å². The fourth-order valence-corrected chi connectivity index (χ4v) is 4.71. The Morgan fingerprint density at radius 2 is 1.83 bits per heavy atom. The van der Waals surface area contributed by atoms with Crippen molar-refractivity contribution in [3.8, 4) is 0 Å². The Kier molecular flexibility index (Phi) is 4.14. The van der Waals surface area contributed by atoms with Gasteiger partial charge in [0.2, 0.25) is 0 Å². The average Bonchev–Trinajstić information content (AvgIpc) is 3.03. The molecule has 0 radical (unpaired) electrons. The number of sulfone groups is 1. The van der Waals surface area contributed by atoms with E-state index in [2.05, 4.69) is 10.3 Å². The lowest BCUT2D eigenvalue weighted by atomic mass is 10.1. The van der Waals surface area contributed by atoms with E-state index < -0.39 is 33.1 Å². The predicted molar refractivity (Wildman–Crippen MR) is 83.6 cm³/mol. The Labute approximate surface area is 134 Å². The van der Waals surface area contributed by atoms with Crippen molar-refractivity contribution >= 4 is 15.8 Å². The maximum Gasteiger partial charge on any atom is 0.320 e. The molecule has 23 heavy (non-hydrogen) atoms. The normalized spacial score (nSPS) is 24.4. The number of nitrogens with one attached hydrogen (secondary N) is 1. The van der Waals surface area contributed by atoms with Gasteiger partial charge in [-0.25, -0.2) is 13.4 Å². The number of hydrogen-bond donors (Lipinski definition) is 2. The van der Waals surface area contributed by atoms with Gasteiger partial charge in [0.1, 0.15) is 6.04 Å². The molecule has 3 atom stereocenters. The van der Waals surface area contributed by atoms with E-state index in [1.54, 1.807) is 36.4 Å². The van der Waals surface area contributed by atoms with Gasteiger partial charge in [-0.05, 0) is 24.1 Å². The molecule has 0 bridgehead atoms. The second-order valence-electron chi connectivity index (χ2n) is 5.43. The van der Waals surface area contributed by atoms with Gasteiger partial charge in [-0.1, -0.05) is 36.4 Å². The van der Waals surface area contributed by atoms with Crippen molar-refractivity contribution in [3.63, 3.8) is 0 Å². The molecule has 0 spiro atoms. The van der Waals surface area contributed by atoms with Gasteiger partial charge in [0.25, 0.3) is 0 Å². The van der Waals surface area contributed by atoms with E-state index in [0.29, 0.717) is 0 Å². The van der Waals surface area contributed by atoms with Gasteiger partial charge >= 0.3 is 5.97 Å². The standard InChI is InChI=1S/C16H16N2O4S/c19-16(20)12-10-13(15(18-12)11-6-2-1-3-7-11)23(21,22)14-8-4-5-9-17-14/h1-9,12-13,15,18H,10H2,(H,19,20)/t12-,13+,15-/m1/s1. The van der Waals surface area contributed by atoms with E-state index >= 15 is 0 Å². The topological polar surface area (TPSA) is 96.4 Å². The highest BCUT2D eigenvalue weighted by Crippen LogP contribution is 2.34. The first kappa shape index (κ1) is 15.6. The summed E-state index contributed by atoms with van der Waals surface area (Å²) in [4.78, 5) is 15.2. The molecule has 0 unspecified atom stereocenters. The fraction of sp³-hybridized carbons (Fsp3) is 0.250. The van der Waals surface area contributed by atoms with E-state index in [1.807, 2.05) is 6.07 Å². The summed E-state index contributed by atoms with van der Waals surface area (Å²) in [6.45, 7) is 0. The number of pyridine rings is 1. The van der Waals surface area contributed by atoms with E-state index in [9.17, 15) is 18.3 Å². The molecule has 2 N–H and O–H groups in total. The van der Waals surface area contributed by atoms with Crippen molar-refractivity contribution in [3.05, 3.63) is 60.3 Å². The second-order valence-corrected chi connectivity index (χ2v) is 7.55. The zero-order valence-electron chi connectivity index (χ0n) is 12.2. The zero-order valence-corrected chi connectivity index (χ0v) is 13.0. The van der Waals surface area contributed by atoms with Gasteiger partial charge in [0.15, 0.2) is 14.9 Å². The third-order valence-corrected chi connectivity index (χ3v) is 6.09. The summed E-state index contributed by atoms with van der Waals surface area (Å²) in [5.41, 5.74) is 0.751. The van der Waals surface area contributed by atoms with Crippen LogP contribution in [0.25, 0.3) is 0 Å². The quantitative estimate of drug-likeness (QED) is 0.879. The minimum absolute atomic E-state index is 0.00774. The average molecular weight is 332 g/mol. The highest BCUT2D eigenvalue weighted by Gasteiger charge is 2.46. The lowest BCUT2D eigenvalue weighted by Gasteiger charge is -2.19. The van der Waals surface area contributed by atoms with Crippen LogP contribution >= 0.6 is 0 Å². The third-order valence-electron chi connectivity index (χ3n) is 4.01. The summed E-state index contributed by atoms with van der Waals surface area (Å²) in [6.07, 6.45) is 1.43. The molecule has 1 aromatic carbocycles. The monoisotopic (exact) mass is 332 g/mol. The number of rotatable bonds is 4. The number of aromatic nitrogens is 1. The van der Waals surface area contributed by atoms with Crippen LogP contribution in [0, 0.1) is 0 Å². The molecule has 2 heterocycles. The fourth-order valence-electron chi connectivity index (χ4n) is 2.88. The first-order chi connectivity index (χ1) is 11.0. The molecule has 0 amide bonds. The molecule has 120 valence electrons. The van der Waals surface area contributed by atoms with Crippen molar-refractivity contribution in [2.45, 2.75) is 28.8 Å². The summed E-state index contributed by atoms with van der Waals surface area (Å²) < 4.78 is 25.8. The molecule has 1 aromatic heterocycles. The number of carbonyl (C=O) groups is 1. The van der Waals surface area contributed by atoms with E-state index in [0.717, 1.165) is 5.56 Å². The summed E-state index contributed by atoms with van der Waals surface area (Å²) in [7, 11) is -3.74. The summed E-state index contributed by atoms with van der Waals surface area (Å²) in [5, 5.41) is 11.3. The number of carboxylic acids is 1. The molecule has 7 heteroatoms. The van der Waals surface area contributed by atoms with Crippen LogP contribution in [0.4, 0.5) is 0 Å². The Morgan fingerprint density at radius 1 is 1.13 bits per heavy atom. The highest BCUT2D eigenvalue weighted by molar-refractivity contribution is 7.92. The second kappa shape index (κ2) is 6.10. The zero-order chi connectivity index (χ0) is 16.4. The third kappa shape index (κ3) is 2.97. The number of nitrogens with zero attached hydrogens (tertiary/aromatic N) is 1. The van der Waals surface area contributed by atoms with Crippen molar-refractivity contribution in [1.82, 2.24) is 10.3 Å². The van der Waals surface area contributed by atoms with Crippen molar-refractivity contribution < 1.29 is 18.3 Å². The molecular formula is C16H16N2O4S. The van der Waals surface area contributed by atoms with Gasteiger partial charge in [-0.15, -0.1) is 0 Å². The number of benzene rings is 1. The maximum absolute atomic E-state index is 12.9. The van der Waals surface area contributed by atoms with Crippen LogP contribution in [-0.4, -0.2) is 35.8 Å². The smallest absolute Gasteiger partial charge is 0.320 e. The minimum Gasteiger partial charge on any atom is -0.480 e. The highest BCUT2D eigenvalue weighted by atomic mass is 32.2. The van der Waals surface area contributed by atoms with Crippen LogP contribution in [0.5, 0.6) is 0 Å².